The number of nitrogens with one attached hydrogen (secondary N) is 1. The molecule has 1 aliphatic rings. The summed E-state index contributed by atoms with van der Waals surface area (Å²) in [5, 5.41) is 3.33. The van der Waals surface area contributed by atoms with Crippen LogP contribution in [0.5, 0.6) is 11.5 Å². The summed E-state index contributed by atoms with van der Waals surface area (Å²) >= 11 is 0. The molecule has 4 rings (SSSR count). The van der Waals surface area contributed by atoms with Crippen molar-refractivity contribution in [3.05, 3.63) is 77.5 Å². The SMILES string of the molecule is C=CCNC(=O)COC(=O)c1c2c(nc3ccccc13)/C(=C\c1ccc(OC)c(OC)c1)CCC2. The molecular weight excluding hydrogens is 444 g/mol. The van der Waals surface area contributed by atoms with Gasteiger partial charge in [0.05, 0.1) is 31.0 Å². The summed E-state index contributed by atoms with van der Waals surface area (Å²) < 4.78 is 16.2. The summed E-state index contributed by atoms with van der Waals surface area (Å²) in [4.78, 5) is 30.1. The van der Waals surface area contributed by atoms with Crippen molar-refractivity contribution in [2.75, 3.05) is 27.4 Å². The van der Waals surface area contributed by atoms with Crippen molar-refractivity contribution in [3.8, 4) is 11.5 Å². The number of allylic oxidation sites excluding steroid dienone is 1. The van der Waals surface area contributed by atoms with E-state index in [4.69, 9.17) is 19.2 Å². The Balaban J connectivity index is 1.75. The van der Waals surface area contributed by atoms with Crippen LogP contribution in [0.3, 0.4) is 0 Å². The van der Waals surface area contributed by atoms with E-state index in [-0.39, 0.29) is 12.5 Å². The molecule has 7 heteroatoms. The number of hydrogen-bond acceptors (Lipinski definition) is 6. The van der Waals surface area contributed by atoms with E-state index in [2.05, 4.69) is 18.0 Å². The molecule has 0 fully saturated rings. The molecule has 35 heavy (non-hydrogen) atoms. The van der Waals surface area contributed by atoms with Gasteiger partial charge >= 0.3 is 5.97 Å². The van der Waals surface area contributed by atoms with E-state index in [9.17, 15) is 9.59 Å². The quantitative estimate of drug-likeness (QED) is 0.381. The van der Waals surface area contributed by atoms with Crippen molar-refractivity contribution in [3.63, 3.8) is 0 Å². The zero-order valence-corrected chi connectivity index (χ0v) is 19.9. The number of hydrogen-bond donors (Lipinski definition) is 1. The Hall–Kier alpha value is -4.13. The second-order valence-corrected chi connectivity index (χ2v) is 8.14. The van der Waals surface area contributed by atoms with Crippen molar-refractivity contribution in [1.82, 2.24) is 10.3 Å². The molecule has 1 heterocycles. The normalized spacial score (nSPS) is 13.7. The van der Waals surface area contributed by atoms with Gasteiger partial charge < -0.3 is 19.5 Å². The standard InChI is InChI=1S/C28H28N2O5/c1-4-14-29-25(31)17-35-28(32)26-20-9-5-6-11-22(20)30-27-19(8-7-10-21(26)27)15-18-12-13-23(33-2)24(16-18)34-3/h4-6,9,11-13,15-16H,1,7-8,10,14,17H2,2-3H3,(H,29,31)/b19-15-. The average molecular weight is 473 g/mol. The highest BCUT2D eigenvalue weighted by atomic mass is 16.5. The first kappa shape index (κ1) is 24.0. The molecular formula is C28H28N2O5. The monoisotopic (exact) mass is 472 g/mol. The molecule has 2 aromatic carbocycles. The number of aromatic nitrogens is 1. The summed E-state index contributed by atoms with van der Waals surface area (Å²) in [6, 6.07) is 13.2. The molecule has 0 saturated heterocycles. The fourth-order valence-corrected chi connectivity index (χ4v) is 4.29. The highest BCUT2D eigenvalue weighted by Gasteiger charge is 2.26. The van der Waals surface area contributed by atoms with Gasteiger partial charge in [-0.1, -0.05) is 30.3 Å². The third-order valence-corrected chi connectivity index (χ3v) is 5.90. The van der Waals surface area contributed by atoms with Crippen LogP contribution in [0.2, 0.25) is 0 Å². The van der Waals surface area contributed by atoms with Crippen molar-refractivity contribution in [2.45, 2.75) is 19.3 Å². The summed E-state index contributed by atoms with van der Waals surface area (Å²) in [5.74, 6) is 0.397. The molecule has 180 valence electrons. The summed E-state index contributed by atoms with van der Waals surface area (Å²) in [6.07, 6.45) is 6.03. The highest BCUT2D eigenvalue weighted by Crippen LogP contribution is 2.37. The first-order valence-corrected chi connectivity index (χ1v) is 11.4. The van der Waals surface area contributed by atoms with Crippen LogP contribution >= 0.6 is 0 Å². The molecule has 0 saturated carbocycles. The highest BCUT2D eigenvalue weighted by molar-refractivity contribution is 6.07. The summed E-state index contributed by atoms with van der Waals surface area (Å²) in [5.41, 5.74) is 4.78. The number of rotatable bonds is 8. The average Bonchev–Trinajstić information content (AvgIpc) is 2.89. The number of esters is 1. The van der Waals surface area contributed by atoms with Crippen LogP contribution in [0.4, 0.5) is 0 Å². The summed E-state index contributed by atoms with van der Waals surface area (Å²) in [6.45, 7) is 3.52. The van der Waals surface area contributed by atoms with E-state index in [1.54, 1.807) is 20.3 Å². The number of fused-ring (bicyclic) bond motifs is 2. The van der Waals surface area contributed by atoms with Crippen LogP contribution in [-0.2, 0) is 16.0 Å². The third-order valence-electron chi connectivity index (χ3n) is 5.90. The van der Waals surface area contributed by atoms with E-state index >= 15 is 0 Å². The minimum absolute atomic E-state index is 0.314. The molecule has 3 aromatic rings. The predicted molar refractivity (Wildman–Crippen MR) is 136 cm³/mol. The minimum Gasteiger partial charge on any atom is -0.493 e. The fraction of sp³-hybridized carbons (Fsp3) is 0.250. The van der Waals surface area contributed by atoms with E-state index < -0.39 is 5.97 Å². The molecule has 0 radical (unpaired) electrons. The number of amides is 1. The van der Waals surface area contributed by atoms with Crippen LogP contribution < -0.4 is 14.8 Å². The Morgan fingerprint density at radius 1 is 1.09 bits per heavy atom. The topological polar surface area (TPSA) is 86.8 Å². The molecule has 0 atom stereocenters. The van der Waals surface area contributed by atoms with E-state index in [0.717, 1.165) is 40.6 Å². The molecule has 1 amide bonds. The number of para-hydroxylation sites is 1. The largest absolute Gasteiger partial charge is 0.493 e. The smallest absolute Gasteiger partial charge is 0.339 e. The van der Waals surface area contributed by atoms with Crippen LogP contribution in [0.15, 0.2) is 55.1 Å². The third kappa shape index (κ3) is 5.19. The zero-order chi connectivity index (χ0) is 24.8. The van der Waals surface area contributed by atoms with Gasteiger partial charge in [0.15, 0.2) is 18.1 Å². The molecule has 0 aliphatic heterocycles. The lowest BCUT2D eigenvalue weighted by atomic mass is 9.86. The van der Waals surface area contributed by atoms with Gasteiger partial charge in [0.1, 0.15) is 0 Å². The van der Waals surface area contributed by atoms with Crippen molar-refractivity contribution >= 4 is 34.4 Å². The number of carbonyl (C=O) groups excluding carboxylic acids is 2. The lowest BCUT2D eigenvalue weighted by molar-refractivity contribution is -0.124. The second-order valence-electron chi connectivity index (χ2n) is 8.14. The van der Waals surface area contributed by atoms with E-state index in [0.29, 0.717) is 35.5 Å². The molecule has 0 bridgehead atoms. The van der Waals surface area contributed by atoms with Gasteiger partial charge in [-0.3, -0.25) is 4.79 Å². The summed E-state index contributed by atoms with van der Waals surface area (Å²) in [7, 11) is 3.21. The maximum atomic E-state index is 13.2. The Labute approximate surface area is 204 Å². The van der Waals surface area contributed by atoms with Gasteiger partial charge in [0, 0.05) is 11.9 Å². The minimum atomic E-state index is -0.527. The Morgan fingerprint density at radius 2 is 1.89 bits per heavy atom. The first-order chi connectivity index (χ1) is 17.0. The molecule has 0 spiro atoms. The number of ether oxygens (including phenoxy) is 3. The molecule has 0 unspecified atom stereocenters. The maximum absolute atomic E-state index is 13.2. The van der Waals surface area contributed by atoms with Crippen LogP contribution in [0.1, 0.15) is 40.0 Å². The second kappa shape index (κ2) is 10.9. The number of benzene rings is 2. The molecule has 1 aromatic heterocycles. The molecule has 7 nitrogen and oxygen atoms in total. The van der Waals surface area contributed by atoms with Crippen LogP contribution in [-0.4, -0.2) is 44.2 Å². The lowest BCUT2D eigenvalue weighted by Crippen LogP contribution is -2.29. The fourth-order valence-electron chi connectivity index (χ4n) is 4.29. The van der Waals surface area contributed by atoms with Gasteiger partial charge in [-0.15, -0.1) is 6.58 Å². The number of nitrogens with zero attached hydrogens (tertiary/aromatic N) is 1. The van der Waals surface area contributed by atoms with Crippen LogP contribution in [0.25, 0.3) is 22.6 Å². The molecule has 1 N–H and O–H groups in total. The Kier molecular flexibility index (Phi) is 7.45. The molecule has 1 aliphatic carbocycles. The number of methoxy groups -OCH3 is 2. The number of pyridine rings is 1. The predicted octanol–water partition coefficient (Wildman–Crippen LogP) is 4.59. The van der Waals surface area contributed by atoms with Gasteiger partial charge in [-0.2, -0.15) is 0 Å². The Morgan fingerprint density at radius 3 is 2.66 bits per heavy atom. The van der Waals surface area contributed by atoms with Gasteiger partial charge in [-0.05, 0) is 60.2 Å². The zero-order valence-electron chi connectivity index (χ0n) is 19.9. The van der Waals surface area contributed by atoms with Crippen LogP contribution in [0, 0.1) is 0 Å². The maximum Gasteiger partial charge on any atom is 0.339 e. The number of carbonyl (C=O) groups is 2. The van der Waals surface area contributed by atoms with Crippen molar-refractivity contribution < 1.29 is 23.8 Å². The van der Waals surface area contributed by atoms with Crippen molar-refractivity contribution in [2.24, 2.45) is 0 Å². The first-order valence-electron chi connectivity index (χ1n) is 11.4. The van der Waals surface area contributed by atoms with Gasteiger partial charge in [-0.25, -0.2) is 9.78 Å². The van der Waals surface area contributed by atoms with Crippen molar-refractivity contribution in [1.29, 1.82) is 0 Å². The van der Waals surface area contributed by atoms with E-state index in [1.807, 2.05) is 42.5 Å². The van der Waals surface area contributed by atoms with Gasteiger partial charge in [0.25, 0.3) is 5.91 Å². The Bertz CT molecular complexity index is 1310. The lowest BCUT2D eigenvalue weighted by Gasteiger charge is -2.22. The van der Waals surface area contributed by atoms with Gasteiger partial charge in [0.2, 0.25) is 0 Å². The van der Waals surface area contributed by atoms with E-state index in [1.165, 1.54) is 0 Å².